The van der Waals surface area contributed by atoms with E-state index in [0.717, 1.165) is 25.8 Å². The van der Waals surface area contributed by atoms with Crippen molar-refractivity contribution in [2.75, 3.05) is 26.2 Å². The quantitative estimate of drug-likeness (QED) is 0.733. The van der Waals surface area contributed by atoms with Crippen molar-refractivity contribution in [3.05, 3.63) is 11.6 Å². The number of hydrogen-bond donors (Lipinski definition) is 2. The van der Waals surface area contributed by atoms with Crippen molar-refractivity contribution in [3.63, 3.8) is 0 Å². The van der Waals surface area contributed by atoms with Gasteiger partial charge in [0.1, 0.15) is 0 Å². The van der Waals surface area contributed by atoms with Crippen LogP contribution < -0.4 is 5.32 Å². The summed E-state index contributed by atoms with van der Waals surface area (Å²) >= 11 is 0. The van der Waals surface area contributed by atoms with Gasteiger partial charge in [-0.05, 0) is 51.5 Å². The highest BCUT2D eigenvalue weighted by atomic mass is 16.4. The second kappa shape index (κ2) is 8.17. The minimum atomic E-state index is -0.746. The third-order valence-corrected chi connectivity index (χ3v) is 4.38. The fourth-order valence-corrected chi connectivity index (χ4v) is 3.15. The molecule has 2 rings (SSSR count). The fraction of sp³-hybridized carbons (Fsp3) is 0.750. The Morgan fingerprint density at radius 3 is 2.90 bits per heavy atom. The molecule has 0 aromatic carbocycles. The molecule has 1 saturated heterocycles. The third-order valence-electron chi connectivity index (χ3n) is 4.38. The molecule has 1 unspecified atom stereocenters. The number of nitrogens with one attached hydrogen (secondary N) is 1. The minimum absolute atomic E-state index is 0.0115. The van der Waals surface area contributed by atoms with E-state index in [1.807, 2.05) is 4.90 Å². The van der Waals surface area contributed by atoms with Crippen LogP contribution in [0.1, 0.15) is 44.9 Å². The lowest BCUT2D eigenvalue weighted by Crippen LogP contribution is -2.44. The van der Waals surface area contributed by atoms with Crippen LogP contribution in [-0.4, -0.2) is 48.1 Å². The Hall–Kier alpha value is -1.36. The summed E-state index contributed by atoms with van der Waals surface area (Å²) in [6.45, 7) is 2.33. The SMILES string of the molecule is O=C(CN1CCCC(C(=O)O)C1)NCCC1=CCCCC1. The van der Waals surface area contributed by atoms with Crippen LogP contribution in [0, 0.1) is 5.92 Å². The highest BCUT2D eigenvalue weighted by Crippen LogP contribution is 2.19. The number of rotatable bonds is 6. The van der Waals surface area contributed by atoms with E-state index in [2.05, 4.69) is 11.4 Å². The van der Waals surface area contributed by atoms with Gasteiger partial charge in [-0.15, -0.1) is 0 Å². The first kappa shape index (κ1) is 16.0. The van der Waals surface area contributed by atoms with Crippen LogP contribution in [0.15, 0.2) is 11.6 Å². The Morgan fingerprint density at radius 1 is 1.33 bits per heavy atom. The van der Waals surface area contributed by atoms with Crippen LogP contribution in [0.5, 0.6) is 0 Å². The monoisotopic (exact) mass is 294 g/mol. The van der Waals surface area contributed by atoms with Crippen LogP contribution in [-0.2, 0) is 9.59 Å². The molecule has 5 heteroatoms. The molecule has 2 aliphatic rings. The van der Waals surface area contributed by atoms with Gasteiger partial charge in [-0.2, -0.15) is 0 Å². The lowest BCUT2D eigenvalue weighted by atomic mass is 9.97. The van der Waals surface area contributed by atoms with Crippen molar-refractivity contribution in [3.8, 4) is 0 Å². The van der Waals surface area contributed by atoms with E-state index >= 15 is 0 Å². The molecule has 0 aromatic rings. The first-order chi connectivity index (χ1) is 10.1. The summed E-state index contributed by atoms with van der Waals surface area (Å²) in [6, 6.07) is 0. The standard InChI is InChI=1S/C16H26N2O3/c19-15(17-9-8-13-5-2-1-3-6-13)12-18-10-4-7-14(11-18)16(20)21/h5,14H,1-4,6-12H2,(H,17,19)(H,20,21). The molecule has 1 heterocycles. The molecule has 0 radical (unpaired) electrons. The maximum Gasteiger partial charge on any atom is 0.307 e. The maximum atomic E-state index is 11.9. The van der Waals surface area contributed by atoms with Gasteiger partial charge in [-0.3, -0.25) is 14.5 Å². The number of carbonyl (C=O) groups is 2. The molecule has 5 nitrogen and oxygen atoms in total. The van der Waals surface area contributed by atoms with Crippen molar-refractivity contribution < 1.29 is 14.7 Å². The van der Waals surface area contributed by atoms with Crippen molar-refractivity contribution in [1.82, 2.24) is 10.2 Å². The summed E-state index contributed by atoms with van der Waals surface area (Å²) in [6.07, 6.45) is 9.73. The summed E-state index contributed by atoms with van der Waals surface area (Å²) in [7, 11) is 0. The number of hydrogen-bond acceptors (Lipinski definition) is 3. The van der Waals surface area contributed by atoms with Crippen molar-refractivity contribution in [2.24, 2.45) is 5.92 Å². The summed E-state index contributed by atoms with van der Waals surface area (Å²) in [5.41, 5.74) is 1.46. The molecule has 1 fully saturated rings. The minimum Gasteiger partial charge on any atom is -0.481 e. The molecule has 0 bridgehead atoms. The molecular weight excluding hydrogens is 268 g/mol. The van der Waals surface area contributed by atoms with Gasteiger partial charge in [0, 0.05) is 13.1 Å². The van der Waals surface area contributed by atoms with Gasteiger partial charge >= 0.3 is 5.97 Å². The normalized spacial score (nSPS) is 23.4. The van der Waals surface area contributed by atoms with Crippen LogP contribution >= 0.6 is 0 Å². The number of piperidine rings is 1. The van der Waals surface area contributed by atoms with Gasteiger partial charge in [0.15, 0.2) is 0 Å². The smallest absolute Gasteiger partial charge is 0.307 e. The molecule has 1 atom stereocenters. The lowest BCUT2D eigenvalue weighted by Gasteiger charge is -2.29. The van der Waals surface area contributed by atoms with Crippen molar-refractivity contribution >= 4 is 11.9 Å². The highest BCUT2D eigenvalue weighted by molar-refractivity contribution is 5.78. The van der Waals surface area contributed by atoms with E-state index in [1.165, 1.54) is 31.3 Å². The number of allylic oxidation sites excluding steroid dienone is 1. The number of carboxylic acids is 1. The number of carboxylic acid groups (broad SMARTS) is 1. The Morgan fingerprint density at radius 2 is 2.19 bits per heavy atom. The predicted octanol–water partition coefficient (Wildman–Crippen LogP) is 1.79. The van der Waals surface area contributed by atoms with E-state index in [-0.39, 0.29) is 11.8 Å². The summed E-state index contributed by atoms with van der Waals surface area (Å²) < 4.78 is 0. The molecule has 118 valence electrons. The molecule has 0 aromatic heterocycles. The van der Waals surface area contributed by atoms with Gasteiger partial charge in [-0.25, -0.2) is 0 Å². The molecule has 21 heavy (non-hydrogen) atoms. The van der Waals surface area contributed by atoms with E-state index in [9.17, 15) is 9.59 Å². The number of amides is 1. The zero-order chi connectivity index (χ0) is 15.1. The zero-order valence-electron chi connectivity index (χ0n) is 12.6. The Bertz CT molecular complexity index is 406. The van der Waals surface area contributed by atoms with E-state index < -0.39 is 5.97 Å². The van der Waals surface area contributed by atoms with E-state index in [0.29, 0.717) is 19.6 Å². The topological polar surface area (TPSA) is 69.6 Å². The Labute approximate surface area is 126 Å². The van der Waals surface area contributed by atoms with Gasteiger partial charge in [0.25, 0.3) is 0 Å². The number of carbonyl (C=O) groups excluding carboxylic acids is 1. The number of nitrogens with zero attached hydrogens (tertiary/aromatic N) is 1. The summed E-state index contributed by atoms with van der Waals surface area (Å²) in [5.74, 6) is -1.05. The average Bonchev–Trinajstić information content (AvgIpc) is 2.48. The second-order valence-corrected chi connectivity index (χ2v) is 6.12. The van der Waals surface area contributed by atoms with Gasteiger partial charge < -0.3 is 10.4 Å². The molecule has 1 amide bonds. The largest absolute Gasteiger partial charge is 0.481 e. The molecule has 0 saturated carbocycles. The fourth-order valence-electron chi connectivity index (χ4n) is 3.15. The number of aliphatic carboxylic acids is 1. The van der Waals surface area contributed by atoms with Crippen LogP contribution in [0.4, 0.5) is 0 Å². The van der Waals surface area contributed by atoms with Crippen molar-refractivity contribution in [1.29, 1.82) is 0 Å². The molecule has 0 spiro atoms. The highest BCUT2D eigenvalue weighted by Gasteiger charge is 2.26. The molecular formula is C16H26N2O3. The first-order valence-electron chi connectivity index (χ1n) is 8.05. The van der Waals surface area contributed by atoms with Gasteiger partial charge in [-0.1, -0.05) is 11.6 Å². The van der Waals surface area contributed by atoms with Crippen LogP contribution in [0.3, 0.4) is 0 Å². The maximum absolute atomic E-state index is 11.9. The second-order valence-electron chi connectivity index (χ2n) is 6.12. The summed E-state index contributed by atoms with van der Waals surface area (Å²) in [4.78, 5) is 24.9. The van der Waals surface area contributed by atoms with E-state index in [4.69, 9.17) is 5.11 Å². The van der Waals surface area contributed by atoms with E-state index in [1.54, 1.807) is 0 Å². The lowest BCUT2D eigenvalue weighted by molar-refractivity contribution is -0.144. The van der Waals surface area contributed by atoms with Gasteiger partial charge in [0.05, 0.1) is 12.5 Å². The predicted molar refractivity (Wildman–Crippen MR) is 81.0 cm³/mol. The first-order valence-corrected chi connectivity index (χ1v) is 8.05. The Kier molecular flexibility index (Phi) is 6.23. The average molecular weight is 294 g/mol. The summed E-state index contributed by atoms with van der Waals surface area (Å²) in [5, 5.41) is 12.0. The molecule has 1 aliphatic heterocycles. The zero-order valence-corrected chi connectivity index (χ0v) is 12.6. The number of likely N-dealkylation sites (tertiary alicyclic amines) is 1. The molecule has 1 aliphatic carbocycles. The van der Waals surface area contributed by atoms with Crippen molar-refractivity contribution in [2.45, 2.75) is 44.9 Å². The van der Waals surface area contributed by atoms with Crippen LogP contribution in [0.2, 0.25) is 0 Å². The van der Waals surface area contributed by atoms with Gasteiger partial charge in [0.2, 0.25) is 5.91 Å². The Balaban J connectivity index is 1.64. The molecule has 2 N–H and O–H groups in total. The third kappa shape index (κ3) is 5.50. The van der Waals surface area contributed by atoms with Crippen LogP contribution in [0.25, 0.3) is 0 Å².